The lowest BCUT2D eigenvalue weighted by Crippen LogP contribution is -2.45. The van der Waals surface area contributed by atoms with E-state index in [1.807, 2.05) is 11.8 Å². The van der Waals surface area contributed by atoms with Crippen LogP contribution in [0.15, 0.2) is 29.3 Å². The molecule has 2 rings (SSSR count). The van der Waals surface area contributed by atoms with Crippen molar-refractivity contribution in [1.29, 1.82) is 0 Å². The number of benzene rings is 1. The van der Waals surface area contributed by atoms with Crippen LogP contribution in [-0.4, -0.2) is 49.0 Å². The largest absolute Gasteiger partial charge is 0.355 e. The molecule has 132 valence electrons. The smallest absolute Gasteiger partial charge is 0.251 e. The van der Waals surface area contributed by atoms with E-state index in [9.17, 15) is 4.79 Å². The summed E-state index contributed by atoms with van der Waals surface area (Å²) in [4.78, 5) is 16.2. The van der Waals surface area contributed by atoms with Gasteiger partial charge in [-0.05, 0) is 49.8 Å². The summed E-state index contributed by atoms with van der Waals surface area (Å²) >= 11 is 7.83. The quantitative estimate of drug-likeness (QED) is 0.410. The Kier molecular flexibility index (Phi) is 7.24. The summed E-state index contributed by atoms with van der Waals surface area (Å²) in [5.74, 6) is 1.90. The maximum absolute atomic E-state index is 12.0. The van der Waals surface area contributed by atoms with E-state index in [2.05, 4.69) is 27.9 Å². The van der Waals surface area contributed by atoms with E-state index in [4.69, 9.17) is 11.6 Å². The van der Waals surface area contributed by atoms with Gasteiger partial charge in [-0.2, -0.15) is 11.8 Å². The van der Waals surface area contributed by atoms with E-state index in [-0.39, 0.29) is 5.91 Å². The second-order valence-electron chi connectivity index (χ2n) is 6.02. The molecule has 1 atom stereocenters. The van der Waals surface area contributed by atoms with Gasteiger partial charge in [-0.15, -0.1) is 0 Å². The van der Waals surface area contributed by atoms with Crippen LogP contribution in [0.5, 0.6) is 0 Å². The lowest BCUT2D eigenvalue weighted by atomic mass is 10.1. The standard InChI is InChI=1S/C17H25ClN4OS/c1-17(8-3-11-24-17)12-22-16(19-2)21-10-9-20-15(23)13-4-6-14(18)7-5-13/h4-7H,3,8-12H2,1-2H3,(H,20,23)(H2,19,21,22). The molecule has 1 aromatic carbocycles. The van der Waals surface area contributed by atoms with Gasteiger partial charge in [0.2, 0.25) is 0 Å². The summed E-state index contributed by atoms with van der Waals surface area (Å²) in [6.07, 6.45) is 2.52. The van der Waals surface area contributed by atoms with Crippen LogP contribution in [0.4, 0.5) is 0 Å². The molecule has 0 bridgehead atoms. The van der Waals surface area contributed by atoms with Crippen molar-refractivity contribution in [3.63, 3.8) is 0 Å². The zero-order valence-corrected chi connectivity index (χ0v) is 15.8. The molecule has 0 saturated carbocycles. The normalized spacial score (nSPS) is 20.7. The number of amides is 1. The summed E-state index contributed by atoms with van der Waals surface area (Å²) in [6.45, 7) is 4.32. The zero-order chi connectivity index (χ0) is 17.4. The van der Waals surface area contributed by atoms with Crippen LogP contribution in [0.1, 0.15) is 30.1 Å². The molecule has 0 spiro atoms. The van der Waals surface area contributed by atoms with Gasteiger partial charge in [0.15, 0.2) is 5.96 Å². The van der Waals surface area contributed by atoms with E-state index < -0.39 is 0 Å². The first-order chi connectivity index (χ1) is 11.5. The first kappa shape index (κ1) is 18.9. The van der Waals surface area contributed by atoms with Crippen LogP contribution in [0.3, 0.4) is 0 Å². The Labute approximate surface area is 153 Å². The van der Waals surface area contributed by atoms with Crippen LogP contribution in [-0.2, 0) is 0 Å². The number of carbonyl (C=O) groups is 1. The molecule has 0 aromatic heterocycles. The first-order valence-corrected chi connectivity index (χ1v) is 9.51. The Hall–Kier alpha value is -1.40. The highest BCUT2D eigenvalue weighted by Gasteiger charge is 2.29. The number of aliphatic imine (C=N–C) groups is 1. The summed E-state index contributed by atoms with van der Waals surface area (Å²) in [5, 5.41) is 10.1. The fourth-order valence-corrected chi connectivity index (χ4v) is 3.90. The topological polar surface area (TPSA) is 65.5 Å². The zero-order valence-electron chi connectivity index (χ0n) is 14.2. The highest BCUT2D eigenvalue weighted by Crippen LogP contribution is 2.36. The summed E-state index contributed by atoms with van der Waals surface area (Å²) < 4.78 is 0.292. The van der Waals surface area contributed by atoms with Crippen molar-refractivity contribution < 1.29 is 4.79 Å². The summed E-state index contributed by atoms with van der Waals surface area (Å²) in [5.41, 5.74) is 0.605. The molecule has 5 nitrogen and oxygen atoms in total. The maximum atomic E-state index is 12.0. The lowest BCUT2D eigenvalue weighted by molar-refractivity contribution is 0.0954. The molecule has 1 aromatic rings. The van der Waals surface area contributed by atoms with Crippen molar-refractivity contribution in [1.82, 2.24) is 16.0 Å². The number of nitrogens with zero attached hydrogens (tertiary/aromatic N) is 1. The molecule has 0 radical (unpaired) electrons. The van der Waals surface area contributed by atoms with E-state index in [1.54, 1.807) is 31.3 Å². The van der Waals surface area contributed by atoms with E-state index >= 15 is 0 Å². The molecular weight excluding hydrogens is 344 g/mol. The van der Waals surface area contributed by atoms with Crippen molar-refractivity contribution in [2.24, 2.45) is 4.99 Å². The van der Waals surface area contributed by atoms with Crippen molar-refractivity contribution in [2.45, 2.75) is 24.5 Å². The van der Waals surface area contributed by atoms with Crippen LogP contribution in [0, 0.1) is 0 Å². The fraction of sp³-hybridized carbons (Fsp3) is 0.529. The van der Waals surface area contributed by atoms with Gasteiger partial charge in [0.05, 0.1) is 0 Å². The van der Waals surface area contributed by atoms with Gasteiger partial charge in [-0.3, -0.25) is 9.79 Å². The fourth-order valence-electron chi connectivity index (χ4n) is 2.53. The molecular formula is C17H25ClN4OS. The number of hydrogen-bond donors (Lipinski definition) is 3. The van der Waals surface area contributed by atoms with Crippen LogP contribution in [0.2, 0.25) is 5.02 Å². The lowest BCUT2D eigenvalue weighted by Gasteiger charge is -2.24. The average molecular weight is 369 g/mol. The molecule has 1 aliphatic rings. The molecule has 3 N–H and O–H groups in total. The van der Waals surface area contributed by atoms with Crippen molar-refractivity contribution in [3.05, 3.63) is 34.9 Å². The van der Waals surface area contributed by atoms with Gasteiger partial charge in [-0.1, -0.05) is 11.6 Å². The Bertz CT molecular complexity index is 570. The minimum atomic E-state index is -0.105. The predicted molar refractivity (Wildman–Crippen MR) is 103 cm³/mol. The molecule has 1 fully saturated rings. The highest BCUT2D eigenvalue weighted by atomic mass is 35.5. The van der Waals surface area contributed by atoms with E-state index in [0.29, 0.717) is 28.4 Å². The molecule has 24 heavy (non-hydrogen) atoms. The van der Waals surface area contributed by atoms with E-state index in [0.717, 1.165) is 12.5 Å². The maximum Gasteiger partial charge on any atom is 0.251 e. The average Bonchev–Trinajstić information content (AvgIpc) is 3.01. The number of nitrogens with one attached hydrogen (secondary N) is 3. The van der Waals surface area contributed by atoms with Crippen molar-refractivity contribution >= 4 is 35.2 Å². The third kappa shape index (κ3) is 5.91. The van der Waals surface area contributed by atoms with Crippen LogP contribution >= 0.6 is 23.4 Å². The number of carbonyl (C=O) groups excluding carboxylic acids is 1. The van der Waals surface area contributed by atoms with Crippen molar-refractivity contribution in [2.75, 3.05) is 32.4 Å². The Morgan fingerprint density at radius 2 is 1.96 bits per heavy atom. The monoisotopic (exact) mass is 368 g/mol. The summed E-state index contributed by atoms with van der Waals surface area (Å²) in [7, 11) is 1.76. The third-order valence-electron chi connectivity index (χ3n) is 3.96. The van der Waals surface area contributed by atoms with Crippen LogP contribution in [0.25, 0.3) is 0 Å². The second-order valence-corrected chi connectivity index (χ2v) is 8.14. The number of rotatable bonds is 6. The third-order valence-corrected chi connectivity index (χ3v) is 5.75. The first-order valence-electron chi connectivity index (χ1n) is 8.15. The van der Waals surface area contributed by atoms with Gasteiger partial charge in [0.25, 0.3) is 5.91 Å². The molecule has 1 heterocycles. The molecule has 1 unspecified atom stereocenters. The molecule has 1 aliphatic heterocycles. The molecule has 1 amide bonds. The highest BCUT2D eigenvalue weighted by molar-refractivity contribution is 8.00. The van der Waals surface area contributed by atoms with Gasteiger partial charge < -0.3 is 16.0 Å². The SMILES string of the molecule is CN=C(NCCNC(=O)c1ccc(Cl)cc1)NCC1(C)CCCS1. The number of thioether (sulfide) groups is 1. The summed E-state index contributed by atoms with van der Waals surface area (Å²) in [6, 6.07) is 6.85. The number of hydrogen-bond acceptors (Lipinski definition) is 3. The Balaban J connectivity index is 1.66. The predicted octanol–water partition coefficient (Wildman–Crippen LogP) is 2.52. The Morgan fingerprint density at radius 1 is 1.25 bits per heavy atom. The Morgan fingerprint density at radius 3 is 2.58 bits per heavy atom. The van der Waals surface area contributed by atoms with Gasteiger partial charge in [0.1, 0.15) is 0 Å². The van der Waals surface area contributed by atoms with Gasteiger partial charge in [-0.25, -0.2) is 0 Å². The van der Waals surface area contributed by atoms with Gasteiger partial charge in [0, 0.05) is 42.0 Å². The molecule has 1 saturated heterocycles. The number of guanidine groups is 1. The number of halogens is 1. The van der Waals surface area contributed by atoms with Crippen LogP contribution < -0.4 is 16.0 Å². The second kappa shape index (κ2) is 9.18. The minimum absolute atomic E-state index is 0.105. The molecule has 0 aliphatic carbocycles. The van der Waals surface area contributed by atoms with Gasteiger partial charge >= 0.3 is 0 Å². The van der Waals surface area contributed by atoms with E-state index in [1.165, 1.54) is 18.6 Å². The molecule has 7 heteroatoms. The minimum Gasteiger partial charge on any atom is -0.355 e. The van der Waals surface area contributed by atoms with Crippen molar-refractivity contribution in [3.8, 4) is 0 Å².